The SMILES string of the molecule is COC(=O)[C@H](C)[C@H](NC(=O)Nc1cccnc1Cl)c1ccccc1. The molecular formula is C17H18ClN3O3. The Morgan fingerprint density at radius 3 is 2.50 bits per heavy atom. The van der Waals surface area contributed by atoms with Gasteiger partial charge in [-0.25, -0.2) is 9.78 Å². The first-order chi connectivity index (χ1) is 11.5. The van der Waals surface area contributed by atoms with Gasteiger partial charge in [-0.2, -0.15) is 0 Å². The number of carbonyl (C=O) groups is 2. The molecule has 0 saturated carbocycles. The number of halogens is 1. The highest BCUT2D eigenvalue weighted by Crippen LogP contribution is 2.24. The van der Waals surface area contributed by atoms with Gasteiger partial charge in [-0.3, -0.25) is 4.79 Å². The topological polar surface area (TPSA) is 80.3 Å². The van der Waals surface area contributed by atoms with Crippen LogP contribution in [0.3, 0.4) is 0 Å². The highest BCUT2D eigenvalue weighted by atomic mass is 35.5. The van der Waals surface area contributed by atoms with Crippen molar-refractivity contribution in [1.82, 2.24) is 10.3 Å². The van der Waals surface area contributed by atoms with Crippen LogP contribution in [-0.2, 0) is 9.53 Å². The smallest absolute Gasteiger partial charge is 0.319 e. The number of anilines is 1. The van der Waals surface area contributed by atoms with Gasteiger partial charge < -0.3 is 15.4 Å². The minimum atomic E-state index is -0.562. The molecule has 2 atom stereocenters. The fourth-order valence-corrected chi connectivity index (χ4v) is 2.42. The molecule has 0 fully saturated rings. The average molecular weight is 348 g/mol. The Kier molecular flexibility index (Phi) is 6.14. The zero-order valence-electron chi connectivity index (χ0n) is 13.3. The van der Waals surface area contributed by atoms with E-state index in [0.717, 1.165) is 5.56 Å². The molecule has 0 spiro atoms. The van der Waals surface area contributed by atoms with E-state index in [1.165, 1.54) is 13.3 Å². The number of amides is 2. The van der Waals surface area contributed by atoms with Crippen LogP contribution in [0.5, 0.6) is 0 Å². The van der Waals surface area contributed by atoms with E-state index in [1.54, 1.807) is 19.1 Å². The first-order valence-electron chi connectivity index (χ1n) is 7.33. The Morgan fingerprint density at radius 2 is 1.88 bits per heavy atom. The Bertz CT molecular complexity index is 709. The Labute approximate surface area is 145 Å². The monoisotopic (exact) mass is 347 g/mol. The summed E-state index contributed by atoms with van der Waals surface area (Å²) in [5, 5.41) is 5.60. The molecule has 0 saturated heterocycles. The maximum Gasteiger partial charge on any atom is 0.319 e. The van der Waals surface area contributed by atoms with Crippen molar-refractivity contribution in [2.75, 3.05) is 12.4 Å². The molecule has 7 heteroatoms. The van der Waals surface area contributed by atoms with E-state index in [-0.39, 0.29) is 5.15 Å². The summed E-state index contributed by atoms with van der Waals surface area (Å²) >= 11 is 5.93. The molecular weight excluding hydrogens is 330 g/mol. The molecule has 126 valence electrons. The number of aromatic nitrogens is 1. The first-order valence-corrected chi connectivity index (χ1v) is 7.71. The van der Waals surface area contributed by atoms with Crippen molar-refractivity contribution in [2.24, 2.45) is 5.92 Å². The second kappa shape index (κ2) is 8.31. The Hall–Kier alpha value is -2.60. The van der Waals surface area contributed by atoms with Crippen molar-refractivity contribution in [2.45, 2.75) is 13.0 Å². The maximum atomic E-state index is 12.3. The third kappa shape index (κ3) is 4.45. The van der Waals surface area contributed by atoms with Gasteiger partial charge in [0.25, 0.3) is 0 Å². The van der Waals surface area contributed by atoms with Gasteiger partial charge in [-0.15, -0.1) is 0 Å². The maximum absolute atomic E-state index is 12.3. The van der Waals surface area contributed by atoms with Gasteiger partial charge in [0.05, 0.1) is 24.8 Å². The minimum Gasteiger partial charge on any atom is -0.469 e. The third-order valence-electron chi connectivity index (χ3n) is 3.53. The Balaban J connectivity index is 2.17. The summed E-state index contributed by atoms with van der Waals surface area (Å²) in [6.07, 6.45) is 1.53. The van der Waals surface area contributed by atoms with E-state index < -0.39 is 24.0 Å². The van der Waals surface area contributed by atoms with E-state index >= 15 is 0 Å². The fraction of sp³-hybridized carbons (Fsp3) is 0.235. The molecule has 0 bridgehead atoms. The van der Waals surface area contributed by atoms with Crippen LogP contribution in [0.4, 0.5) is 10.5 Å². The van der Waals surface area contributed by atoms with Gasteiger partial charge in [-0.05, 0) is 24.6 Å². The lowest BCUT2D eigenvalue weighted by Gasteiger charge is -2.24. The molecule has 24 heavy (non-hydrogen) atoms. The van der Waals surface area contributed by atoms with Crippen LogP contribution in [0.25, 0.3) is 0 Å². The van der Waals surface area contributed by atoms with Crippen LogP contribution < -0.4 is 10.6 Å². The number of carbonyl (C=O) groups excluding carboxylic acids is 2. The van der Waals surface area contributed by atoms with Crippen molar-refractivity contribution in [3.05, 3.63) is 59.4 Å². The van der Waals surface area contributed by atoms with Gasteiger partial charge in [0.15, 0.2) is 5.15 Å². The van der Waals surface area contributed by atoms with Gasteiger partial charge in [0.1, 0.15) is 0 Å². The molecule has 0 radical (unpaired) electrons. The lowest BCUT2D eigenvalue weighted by atomic mass is 9.94. The predicted molar refractivity (Wildman–Crippen MR) is 91.8 cm³/mol. The largest absolute Gasteiger partial charge is 0.469 e. The fourth-order valence-electron chi connectivity index (χ4n) is 2.26. The van der Waals surface area contributed by atoms with Crippen LogP contribution in [-0.4, -0.2) is 24.1 Å². The number of hydrogen-bond donors (Lipinski definition) is 2. The van der Waals surface area contributed by atoms with Gasteiger partial charge in [0, 0.05) is 6.20 Å². The van der Waals surface area contributed by atoms with Crippen molar-refractivity contribution in [3.63, 3.8) is 0 Å². The molecule has 1 heterocycles. The summed E-state index contributed by atoms with van der Waals surface area (Å²) in [4.78, 5) is 28.1. The summed E-state index contributed by atoms with van der Waals surface area (Å²) in [5.74, 6) is -0.976. The van der Waals surface area contributed by atoms with Crippen LogP contribution in [0, 0.1) is 5.92 Å². The molecule has 0 aliphatic carbocycles. The average Bonchev–Trinajstić information content (AvgIpc) is 2.61. The molecule has 2 rings (SSSR count). The number of nitrogens with zero attached hydrogens (tertiary/aromatic N) is 1. The molecule has 0 aliphatic heterocycles. The molecule has 0 unspecified atom stereocenters. The van der Waals surface area contributed by atoms with E-state index in [9.17, 15) is 9.59 Å². The number of methoxy groups -OCH3 is 1. The van der Waals surface area contributed by atoms with Crippen LogP contribution in [0.15, 0.2) is 48.7 Å². The van der Waals surface area contributed by atoms with Gasteiger partial charge in [-0.1, -0.05) is 41.9 Å². The van der Waals surface area contributed by atoms with E-state index in [0.29, 0.717) is 5.69 Å². The second-order valence-corrected chi connectivity index (χ2v) is 5.50. The standard InChI is InChI=1S/C17H18ClN3O3/c1-11(16(22)24-2)14(12-7-4-3-5-8-12)21-17(23)20-13-9-6-10-19-15(13)18/h3-11,14H,1-2H3,(H2,20,21,23)/t11-,14+/m1/s1. The molecule has 1 aromatic carbocycles. The lowest BCUT2D eigenvalue weighted by Crippen LogP contribution is -2.38. The molecule has 1 aromatic heterocycles. The number of ether oxygens (including phenoxy) is 1. The normalized spacial score (nSPS) is 12.8. The number of hydrogen-bond acceptors (Lipinski definition) is 4. The Morgan fingerprint density at radius 1 is 1.17 bits per heavy atom. The molecule has 6 nitrogen and oxygen atoms in total. The number of pyridine rings is 1. The highest BCUT2D eigenvalue weighted by molar-refractivity contribution is 6.32. The van der Waals surface area contributed by atoms with Crippen molar-refractivity contribution >= 4 is 29.3 Å². The van der Waals surface area contributed by atoms with Gasteiger partial charge >= 0.3 is 12.0 Å². The van der Waals surface area contributed by atoms with E-state index in [1.807, 2.05) is 30.3 Å². The number of esters is 1. The van der Waals surface area contributed by atoms with Crippen LogP contribution in [0.1, 0.15) is 18.5 Å². The zero-order valence-corrected chi connectivity index (χ0v) is 14.1. The second-order valence-electron chi connectivity index (χ2n) is 5.14. The van der Waals surface area contributed by atoms with Crippen molar-refractivity contribution in [1.29, 1.82) is 0 Å². The molecule has 2 N–H and O–H groups in total. The number of urea groups is 1. The summed E-state index contributed by atoms with van der Waals surface area (Å²) in [6, 6.07) is 11.5. The quantitative estimate of drug-likeness (QED) is 0.641. The van der Waals surface area contributed by atoms with Crippen molar-refractivity contribution in [3.8, 4) is 0 Å². The molecule has 2 amide bonds. The summed E-state index contributed by atoms with van der Waals surface area (Å²) in [7, 11) is 1.32. The number of rotatable bonds is 5. The number of benzene rings is 1. The minimum absolute atomic E-state index is 0.185. The molecule has 0 aliphatic rings. The molecule has 2 aromatic rings. The first kappa shape index (κ1) is 17.7. The van der Waals surface area contributed by atoms with Crippen molar-refractivity contribution < 1.29 is 14.3 Å². The third-order valence-corrected chi connectivity index (χ3v) is 3.83. The zero-order chi connectivity index (χ0) is 17.5. The highest BCUT2D eigenvalue weighted by Gasteiger charge is 2.28. The predicted octanol–water partition coefficient (Wildman–Crippen LogP) is 3.41. The number of nitrogens with one attached hydrogen (secondary N) is 2. The van der Waals surface area contributed by atoms with Crippen LogP contribution >= 0.6 is 11.6 Å². The summed E-state index contributed by atoms with van der Waals surface area (Å²) < 4.78 is 4.79. The van der Waals surface area contributed by atoms with Crippen LogP contribution in [0.2, 0.25) is 5.15 Å². The lowest BCUT2D eigenvalue weighted by molar-refractivity contribution is -0.145. The summed E-state index contributed by atoms with van der Waals surface area (Å²) in [5.41, 5.74) is 1.18. The van der Waals surface area contributed by atoms with E-state index in [2.05, 4.69) is 15.6 Å². The van der Waals surface area contributed by atoms with Gasteiger partial charge in [0.2, 0.25) is 0 Å². The van der Waals surface area contributed by atoms with E-state index in [4.69, 9.17) is 16.3 Å². The summed E-state index contributed by atoms with van der Waals surface area (Å²) in [6.45, 7) is 1.70.